The van der Waals surface area contributed by atoms with Crippen molar-refractivity contribution < 1.29 is 28.2 Å². The quantitative estimate of drug-likeness (QED) is 0.826. The molecule has 1 aromatic heterocycles. The first-order valence-corrected chi connectivity index (χ1v) is 8.55. The van der Waals surface area contributed by atoms with Gasteiger partial charge in [0.15, 0.2) is 0 Å². The number of aliphatic hydroxyl groups is 1. The van der Waals surface area contributed by atoms with Gasteiger partial charge in [-0.2, -0.15) is 13.2 Å². The van der Waals surface area contributed by atoms with E-state index in [1.165, 1.54) is 11.2 Å². The molecule has 0 spiro atoms. The van der Waals surface area contributed by atoms with Crippen LogP contribution in [0.4, 0.5) is 24.8 Å². The molecule has 0 bridgehead atoms. The highest BCUT2D eigenvalue weighted by Crippen LogP contribution is 2.39. The molecule has 0 aliphatic carbocycles. The summed E-state index contributed by atoms with van der Waals surface area (Å²) in [6.45, 7) is -0.0232. The number of aliphatic carboxylic acids is 1. The third kappa shape index (κ3) is 3.69. The first kappa shape index (κ1) is 18.7. The Balaban J connectivity index is 1.83. The Morgan fingerprint density at radius 2 is 1.96 bits per heavy atom. The average Bonchev–Trinajstić information content (AvgIpc) is 3.08. The number of aliphatic hydroxyl groups excluding tert-OH is 1. The van der Waals surface area contributed by atoms with Crippen LogP contribution in [0, 0.1) is 11.8 Å². The molecule has 2 fully saturated rings. The van der Waals surface area contributed by atoms with E-state index < -0.39 is 30.5 Å². The molecular weight excluding hydrogens is 353 g/mol. The second kappa shape index (κ2) is 7.26. The van der Waals surface area contributed by atoms with E-state index in [-0.39, 0.29) is 25.0 Å². The minimum absolute atomic E-state index is 0.0275. The zero-order chi connectivity index (χ0) is 18.9. The lowest BCUT2D eigenvalue weighted by molar-refractivity contribution is -0.187. The standard InChI is InChI=1S/C16H21F3N4O3/c17-16(18,19)12-7-22(6-11(12)15(25)26)13-5-14(21-9-20-13)23-4-2-1-3-10(23)8-24/h5,9-12,24H,1-4,6-8H2,(H,25,26)/t10?,11-,12-/m1/s1. The predicted octanol–water partition coefficient (Wildman–Crippen LogP) is 1.53. The molecule has 2 N–H and O–H groups in total. The van der Waals surface area contributed by atoms with Crippen molar-refractivity contribution >= 4 is 17.6 Å². The Morgan fingerprint density at radius 1 is 1.23 bits per heavy atom. The summed E-state index contributed by atoms with van der Waals surface area (Å²) in [5.74, 6) is -4.10. The molecule has 1 aromatic rings. The van der Waals surface area contributed by atoms with E-state index in [4.69, 9.17) is 5.11 Å². The van der Waals surface area contributed by atoms with E-state index in [1.54, 1.807) is 6.07 Å². The van der Waals surface area contributed by atoms with Gasteiger partial charge in [0.2, 0.25) is 0 Å². The lowest BCUT2D eigenvalue weighted by Crippen LogP contribution is -2.42. The van der Waals surface area contributed by atoms with E-state index in [0.717, 1.165) is 19.3 Å². The van der Waals surface area contributed by atoms with Gasteiger partial charge in [0.25, 0.3) is 0 Å². The van der Waals surface area contributed by atoms with Crippen LogP contribution in [-0.2, 0) is 4.79 Å². The molecule has 1 unspecified atom stereocenters. The van der Waals surface area contributed by atoms with Crippen LogP contribution in [0.3, 0.4) is 0 Å². The first-order chi connectivity index (χ1) is 12.3. The molecule has 10 heteroatoms. The van der Waals surface area contributed by atoms with Gasteiger partial charge in [0, 0.05) is 25.7 Å². The molecule has 2 aliphatic rings. The van der Waals surface area contributed by atoms with Crippen molar-refractivity contribution in [3.63, 3.8) is 0 Å². The number of nitrogens with zero attached hydrogens (tertiary/aromatic N) is 4. The number of aromatic nitrogens is 2. The Kier molecular flexibility index (Phi) is 5.22. The van der Waals surface area contributed by atoms with Gasteiger partial charge >= 0.3 is 12.1 Å². The summed E-state index contributed by atoms with van der Waals surface area (Å²) in [5, 5.41) is 18.7. The maximum atomic E-state index is 13.2. The number of carboxylic acid groups (broad SMARTS) is 1. The third-order valence-corrected chi connectivity index (χ3v) is 5.15. The summed E-state index contributed by atoms with van der Waals surface area (Å²) >= 11 is 0. The first-order valence-electron chi connectivity index (χ1n) is 8.55. The largest absolute Gasteiger partial charge is 0.481 e. The summed E-state index contributed by atoms with van der Waals surface area (Å²) < 4.78 is 39.5. The molecule has 7 nitrogen and oxygen atoms in total. The fraction of sp³-hybridized carbons (Fsp3) is 0.688. The summed E-state index contributed by atoms with van der Waals surface area (Å²) in [5.41, 5.74) is 0. The maximum Gasteiger partial charge on any atom is 0.394 e. The van der Waals surface area contributed by atoms with Crippen molar-refractivity contribution in [2.75, 3.05) is 36.0 Å². The van der Waals surface area contributed by atoms with Gasteiger partial charge in [-0.25, -0.2) is 9.97 Å². The van der Waals surface area contributed by atoms with E-state index in [1.807, 2.05) is 4.90 Å². The molecule has 0 radical (unpaired) electrons. The summed E-state index contributed by atoms with van der Waals surface area (Å²) in [4.78, 5) is 22.8. The highest BCUT2D eigenvalue weighted by molar-refractivity contribution is 5.72. The lowest BCUT2D eigenvalue weighted by atomic mass is 9.96. The third-order valence-electron chi connectivity index (χ3n) is 5.15. The summed E-state index contributed by atoms with van der Waals surface area (Å²) in [7, 11) is 0. The van der Waals surface area contributed by atoms with Gasteiger partial charge in [0.05, 0.1) is 24.5 Å². The minimum atomic E-state index is -4.58. The molecule has 0 saturated carbocycles. The predicted molar refractivity (Wildman–Crippen MR) is 87.0 cm³/mol. The molecule has 3 rings (SSSR count). The monoisotopic (exact) mass is 374 g/mol. The van der Waals surface area contributed by atoms with Crippen molar-refractivity contribution in [1.29, 1.82) is 0 Å². The molecule has 2 saturated heterocycles. The van der Waals surface area contributed by atoms with Crippen LogP contribution in [-0.4, -0.2) is 64.6 Å². The average molecular weight is 374 g/mol. The second-order valence-electron chi connectivity index (χ2n) is 6.76. The summed E-state index contributed by atoms with van der Waals surface area (Å²) in [6.07, 6.45) is -0.556. The summed E-state index contributed by atoms with van der Waals surface area (Å²) in [6, 6.07) is 1.49. The number of piperidine rings is 1. The minimum Gasteiger partial charge on any atom is -0.481 e. The van der Waals surface area contributed by atoms with Crippen molar-refractivity contribution in [2.45, 2.75) is 31.5 Å². The Labute approximate surface area is 148 Å². The van der Waals surface area contributed by atoms with Crippen LogP contribution in [0.1, 0.15) is 19.3 Å². The van der Waals surface area contributed by atoms with Crippen molar-refractivity contribution in [2.24, 2.45) is 11.8 Å². The van der Waals surface area contributed by atoms with Crippen LogP contribution in [0.15, 0.2) is 12.4 Å². The lowest BCUT2D eigenvalue weighted by Gasteiger charge is -2.35. The number of anilines is 2. The Morgan fingerprint density at radius 3 is 2.58 bits per heavy atom. The fourth-order valence-corrected chi connectivity index (χ4v) is 3.73. The van der Waals surface area contributed by atoms with Gasteiger partial charge in [0.1, 0.15) is 18.0 Å². The van der Waals surface area contributed by atoms with E-state index in [0.29, 0.717) is 12.4 Å². The van der Waals surface area contributed by atoms with Crippen molar-refractivity contribution in [3.05, 3.63) is 12.4 Å². The van der Waals surface area contributed by atoms with Crippen LogP contribution in [0.5, 0.6) is 0 Å². The Hall–Kier alpha value is -2.10. The molecule has 26 heavy (non-hydrogen) atoms. The number of carboxylic acids is 1. The number of rotatable bonds is 4. The Bertz CT molecular complexity index is 658. The molecule has 3 atom stereocenters. The van der Waals surface area contributed by atoms with Gasteiger partial charge in [-0.3, -0.25) is 4.79 Å². The molecule has 0 amide bonds. The van der Waals surface area contributed by atoms with Crippen LogP contribution in [0.2, 0.25) is 0 Å². The molecular formula is C16H21F3N4O3. The van der Waals surface area contributed by atoms with Crippen molar-refractivity contribution in [1.82, 2.24) is 9.97 Å². The van der Waals surface area contributed by atoms with Crippen LogP contribution >= 0.6 is 0 Å². The highest BCUT2D eigenvalue weighted by atomic mass is 19.4. The highest BCUT2D eigenvalue weighted by Gasteiger charge is 2.52. The topological polar surface area (TPSA) is 89.8 Å². The fourth-order valence-electron chi connectivity index (χ4n) is 3.73. The maximum absolute atomic E-state index is 13.2. The molecule has 3 heterocycles. The normalized spacial score (nSPS) is 27.0. The van der Waals surface area contributed by atoms with Gasteiger partial charge in [-0.15, -0.1) is 0 Å². The van der Waals surface area contributed by atoms with Gasteiger partial charge in [-0.05, 0) is 19.3 Å². The van der Waals surface area contributed by atoms with E-state index in [9.17, 15) is 23.1 Å². The number of hydrogen-bond acceptors (Lipinski definition) is 6. The van der Waals surface area contributed by atoms with Crippen LogP contribution in [0.25, 0.3) is 0 Å². The van der Waals surface area contributed by atoms with Crippen LogP contribution < -0.4 is 9.80 Å². The van der Waals surface area contributed by atoms with E-state index in [2.05, 4.69) is 9.97 Å². The SMILES string of the molecule is O=C(O)[C@@H]1CN(c2cc(N3CCCCC3CO)ncn2)C[C@H]1C(F)(F)F. The second-order valence-corrected chi connectivity index (χ2v) is 6.76. The van der Waals surface area contributed by atoms with Gasteiger partial charge < -0.3 is 20.0 Å². The zero-order valence-electron chi connectivity index (χ0n) is 14.1. The number of alkyl halides is 3. The smallest absolute Gasteiger partial charge is 0.394 e. The zero-order valence-corrected chi connectivity index (χ0v) is 14.1. The number of halogens is 3. The molecule has 0 aromatic carbocycles. The molecule has 144 valence electrons. The van der Waals surface area contributed by atoms with Crippen molar-refractivity contribution in [3.8, 4) is 0 Å². The van der Waals surface area contributed by atoms with E-state index >= 15 is 0 Å². The van der Waals surface area contributed by atoms with Gasteiger partial charge in [-0.1, -0.05) is 0 Å². The molecule has 2 aliphatic heterocycles. The number of hydrogen-bond donors (Lipinski definition) is 2. The number of carbonyl (C=O) groups is 1.